The quantitative estimate of drug-likeness (QED) is 0.216. The molecule has 33 heavy (non-hydrogen) atoms. The van der Waals surface area contributed by atoms with Gasteiger partial charge in [-0.25, -0.2) is 0 Å². The number of methoxy groups -OCH3 is 3. The van der Waals surface area contributed by atoms with Crippen LogP contribution in [0.4, 0.5) is 0 Å². The van der Waals surface area contributed by atoms with Crippen LogP contribution in [0.15, 0.2) is 12.1 Å². The van der Waals surface area contributed by atoms with E-state index in [2.05, 4.69) is 0 Å². The van der Waals surface area contributed by atoms with E-state index in [4.69, 9.17) is 33.2 Å². The summed E-state index contributed by atoms with van der Waals surface area (Å²) >= 11 is 0. The normalized spacial score (nSPS) is 36.5. The van der Waals surface area contributed by atoms with E-state index < -0.39 is 61.9 Å². The van der Waals surface area contributed by atoms with Crippen LogP contribution in [-0.4, -0.2) is 120 Å². The minimum atomic E-state index is -1.88. The fourth-order valence-electron chi connectivity index (χ4n) is 3.54. The summed E-state index contributed by atoms with van der Waals surface area (Å²) in [5.41, 5.74) is -1.88. The molecule has 0 aromatic heterocycles. The highest BCUT2D eigenvalue weighted by Crippen LogP contribution is 2.41. The van der Waals surface area contributed by atoms with Crippen molar-refractivity contribution in [3.05, 3.63) is 12.1 Å². The molecule has 0 bridgehead atoms. The molecule has 2 fully saturated rings. The van der Waals surface area contributed by atoms with Crippen molar-refractivity contribution in [1.29, 1.82) is 0 Å². The Kier molecular flexibility index (Phi) is 8.21. The summed E-state index contributed by atoms with van der Waals surface area (Å²) in [5.74, 6) is 1.03. The molecular weight excluding hydrogens is 448 g/mol. The second-order valence-corrected chi connectivity index (χ2v) is 7.71. The number of aliphatic hydroxyl groups is 6. The number of rotatable bonds is 9. The van der Waals surface area contributed by atoms with Crippen LogP contribution in [0.2, 0.25) is 0 Å². The van der Waals surface area contributed by atoms with Crippen molar-refractivity contribution in [3.8, 4) is 23.0 Å². The Morgan fingerprint density at radius 2 is 1.58 bits per heavy atom. The van der Waals surface area contributed by atoms with Gasteiger partial charge in [-0.15, -0.1) is 0 Å². The van der Waals surface area contributed by atoms with Crippen molar-refractivity contribution in [2.24, 2.45) is 0 Å². The Morgan fingerprint density at radius 1 is 0.939 bits per heavy atom. The molecule has 6 N–H and O–H groups in total. The minimum Gasteiger partial charge on any atom is -0.493 e. The molecule has 13 heteroatoms. The number of hydrogen-bond donors (Lipinski definition) is 6. The molecule has 8 atom stereocenters. The first-order chi connectivity index (χ1) is 15.7. The maximum Gasteiger partial charge on any atom is 0.229 e. The van der Waals surface area contributed by atoms with Gasteiger partial charge in [0.1, 0.15) is 41.9 Å². The maximum atomic E-state index is 10.3. The third kappa shape index (κ3) is 5.11. The maximum absolute atomic E-state index is 10.3. The lowest BCUT2D eigenvalue weighted by Crippen LogP contribution is -2.60. The number of benzene rings is 1. The van der Waals surface area contributed by atoms with Gasteiger partial charge in [0.25, 0.3) is 0 Å². The van der Waals surface area contributed by atoms with Gasteiger partial charge in [0.05, 0.1) is 41.2 Å². The first-order valence-electron chi connectivity index (χ1n) is 10.1. The Balaban J connectivity index is 1.71. The van der Waals surface area contributed by atoms with Crippen molar-refractivity contribution >= 4 is 0 Å². The van der Waals surface area contributed by atoms with Gasteiger partial charge in [0.2, 0.25) is 12.0 Å². The zero-order chi connectivity index (χ0) is 24.3. The molecule has 0 radical (unpaired) electrons. The highest BCUT2D eigenvalue weighted by Gasteiger charge is 2.50. The number of hydrogen-bond acceptors (Lipinski definition) is 13. The number of aliphatic hydroxyl groups excluding tert-OH is 5. The van der Waals surface area contributed by atoms with Crippen LogP contribution < -0.4 is 18.9 Å². The second kappa shape index (κ2) is 10.5. The summed E-state index contributed by atoms with van der Waals surface area (Å²) in [6.45, 7) is -1.51. The third-order valence-corrected chi connectivity index (χ3v) is 5.56. The largest absolute Gasteiger partial charge is 0.493 e. The topological polar surface area (TPSA) is 186 Å². The molecule has 13 nitrogen and oxygen atoms in total. The molecule has 2 heterocycles. The van der Waals surface area contributed by atoms with Gasteiger partial charge in [-0.2, -0.15) is 0 Å². The predicted molar refractivity (Wildman–Crippen MR) is 107 cm³/mol. The molecule has 0 aliphatic carbocycles. The molecule has 0 saturated carbocycles. The van der Waals surface area contributed by atoms with Gasteiger partial charge in [-0.3, -0.25) is 0 Å². The van der Waals surface area contributed by atoms with Crippen molar-refractivity contribution in [1.82, 2.24) is 0 Å². The first kappa shape index (κ1) is 25.7. The van der Waals surface area contributed by atoms with Crippen LogP contribution >= 0.6 is 0 Å². The molecule has 2 saturated heterocycles. The van der Waals surface area contributed by atoms with E-state index in [1.807, 2.05) is 0 Å². The fraction of sp³-hybridized carbons (Fsp3) is 0.700. The molecule has 0 spiro atoms. The molecule has 2 aliphatic heterocycles. The van der Waals surface area contributed by atoms with Gasteiger partial charge < -0.3 is 63.8 Å². The lowest BCUT2D eigenvalue weighted by Gasteiger charge is -2.40. The zero-order valence-corrected chi connectivity index (χ0v) is 18.4. The smallest absolute Gasteiger partial charge is 0.229 e. The van der Waals surface area contributed by atoms with Crippen molar-refractivity contribution < 1.29 is 63.8 Å². The Bertz CT molecular complexity index is 766. The van der Waals surface area contributed by atoms with E-state index in [1.54, 1.807) is 0 Å². The minimum absolute atomic E-state index is 0.152. The van der Waals surface area contributed by atoms with E-state index in [0.717, 1.165) is 0 Å². The predicted octanol–water partition coefficient (Wildman–Crippen LogP) is -2.64. The van der Waals surface area contributed by atoms with E-state index in [0.29, 0.717) is 5.75 Å². The van der Waals surface area contributed by atoms with E-state index >= 15 is 0 Å². The van der Waals surface area contributed by atoms with E-state index in [1.165, 1.54) is 33.5 Å². The third-order valence-electron chi connectivity index (χ3n) is 5.56. The highest BCUT2D eigenvalue weighted by atomic mass is 16.7. The monoisotopic (exact) mass is 478 g/mol. The molecule has 3 unspecified atom stereocenters. The van der Waals surface area contributed by atoms with Crippen molar-refractivity contribution in [2.45, 2.75) is 48.7 Å². The molecule has 1 aromatic rings. The summed E-state index contributed by atoms with van der Waals surface area (Å²) < 4.78 is 37.5. The lowest BCUT2D eigenvalue weighted by molar-refractivity contribution is -0.289. The molecule has 0 amide bonds. The average Bonchev–Trinajstić information content (AvgIpc) is 3.11. The van der Waals surface area contributed by atoms with Gasteiger partial charge in [-0.05, 0) is 0 Å². The first-order valence-corrected chi connectivity index (χ1v) is 10.1. The van der Waals surface area contributed by atoms with Gasteiger partial charge in [0, 0.05) is 12.1 Å². The summed E-state index contributed by atoms with van der Waals surface area (Å²) in [4.78, 5) is 0. The van der Waals surface area contributed by atoms with Gasteiger partial charge in [-0.1, -0.05) is 0 Å². The molecule has 2 aliphatic rings. The van der Waals surface area contributed by atoms with Gasteiger partial charge in [0.15, 0.2) is 17.8 Å². The average molecular weight is 478 g/mol. The highest BCUT2D eigenvalue weighted by molar-refractivity contribution is 5.55. The van der Waals surface area contributed by atoms with Crippen LogP contribution in [0.25, 0.3) is 0 Å². The van der Waals surface area contributed by atoms with Crippen molar-refractivity contribution in [3.63, 3.8) is 0 Å². The molecule has 3 rings (SSSR count). The second-order valence-electron chi connectivity index (χ2n) is 7.71. The van der Waals surface area contributed by atoms with Gasteiger partial charge >= 0.3 is 0 Å². The zero-order valence-electron chi connectivity index (χ0n) is 18.4. The Morgan fingerprint density at radius 3 is 2.09 bits per heavy atom. The van der Waals surface area contributed by atoms with Crippen LogP contribution in [0.3, 0.4) is 0 Å². The summed E-state index contributed by atoms with van der Waals surface area (Å²) in [6.07, 6.45) is -10.3. The SMILES string of the molecule is COc1cc(OC2O[C@H](COC3OCC(O)(CO)[C@H]3O)[C@@H](O)[C@H](O)[C@H]2O)cc(OC)c1OC. The lowest BCUT2D eigenvalue weighted by atomic mass is 9.99. The molecular formula is C20H30O13. The van der Waals surface area contributed by atoms with Crippen LogP contribution in [-0.2, 0) is 14.2 Å². The summed E-state index contributed by atoms with van der Waals surface area (Å²) in [6, 6.07) is 2.91. The Labute approximate surface area is 189 Å². The molecule has 188 valence electrons. The number of ether oxygens (including phenoxy) is 7. The van der Waals surface area contributed by atoms with Crippen LogP contribution in [0.1, 0.15) is 0 Å². The van der Waals surface area contributed by atoms with Crippen LogP contribution in [0, 0.1) is 0 Å². The standard InChI is InChI=1S/C20H30O13/c1-27-10-4-9(5-11(28-2)16(10)29-3)32-18-15(24)14(23)13(22)12(33-18)6-30-19-17(25)20(26,7-21)8-31-19/h4-5,12-15,17-19,21-26H,6-8H2,1-3H3/t12-,13-,14+,15-,17+,18?,19?,20?/m1/s1. The van der Waals surface area contributed by atoms with E-state index in [9.17, 15) is 30.6 Å². The van der Waals surface area contributed by atoms with Crippen molar-refractivity contribution in [2.75, 3.05) is 41.2 Å². The van der Waals surface area contributed by atoms with E-state index in [-0.39, 0.29) is 23.9 Å². The summed E-state index contributed by atoms with van der Waals surface area (Å²) in [7, 11) is 4.26. The molecule has 1 aromatic carbocycles. The fourth-order valence-corrected chi connectivity index (χ4v) is 3.54. The summed E-state index contributed by atoms with van der Waals surface area (Å²) in [5, 5.41) is 60.2. The van der Waals surface area contributed by atoms with Crippen LogP contribution in [0.5, 0.6) is 23.0 Å². The Hall–Kier alpha value is -1.94.